The van der Waals surface area contributed by atoms with E-state index < -0.39 is 12.1 Å². The van der Waals surface area contributed by atoms with Crippen LogP contribution in [0.1, 0.15) is 130 Å². The smallest absolute Gasteiger partial charge is 0.407 e. The average molecular weight is 442 g/mol. The number of carbonyl (C=O) groups is 2. The molecule has 31 heavy (non-hydrogen) atoms. The van der Waals surface area contributed by atoms with Crippen LogP contribution < -0.4 is 5.32 Å². The third-order valence-electron chi connectivity index (χ3n) is 5.92. The third kappa shape index (κ3) is 18.1. The van der Waals surface area contributed by atoms with Crippen molar-refractivity contribution in [2.75, 3.05) is 13.2 Å². The lowest BCUT2D eigenvalue weighted by Crippen LogP contribution is -2.46. The fourth-order valence-electron chi connectivity index (χ4n) is 3.59. The number of esters is 1. The number of unbranched alkanes of at least 4 members (excludes halogenated alkanes) is 13. The lowest BCUT2D eigenvalue weighted by molar-refractivity contribution is -0.147. The van der Waals surface area contributed by atoms with Gasteiger partial charge in [-0.15, -0.1) is 0 Å². The molecule has 0 spiro atoms. The van der Waals surface area contributed by atoms with Gasteiger partial charge in [0.2, 0.25) is 0 Å². The molecule has 1 N–H and O–H groups in total. The zero-order chi connectivity index (χ0) is 23.2. The van der Waals surface area contributed by atoms with Crippen LogP contribution in [0.3, 0.4) is 0 Å². The molecule has 2 unspecified atom stereocenters. The summed E-state index contributed by atoms with van der Waals surface area (Å²) in [5, 5.41) is 2.67. The first-order valence-electron chi connectivity index (χ1n) is 13.2. The van der Waals surface area contributed by atoms with Gasteiger partial charge in [-0.2, -0.15) is 0 Å². The Morgan fingerprint density at radius 3 is 1.58 bits per heavy atom. The van der Waals surface area contributed by atoms with Gasteiger partial charge in [-0.05, 0) is 18.8 Å². The Morgan fingerprint density at radius 2 is 1.13 bits per heavy atom. The number of rotatable bonds is 21. The van der Waals surface area contributed by atoms with Crippen LogP contribution in [0.4, 0.5) is 4.79 Å². The Labute approximate surface area is 192 Å². The number of hydrogen-bond donors (Lipinski definition) is 1. The molecule has 0 aliphatic rings. The van der Waals surface area contributed by atoms with E-state index in [2.05, 4.69) is 12.2 Å². The molecular formula is C26H51NO4. The van der Waals surface area contributed by atoms with E-state index in [1.165, 1.54) is 77.0 Å². The monoisotopic (exact) mass is 441 g/mol. The number of nitrogens with one attached hydrogen (secondary N) is 1. The molecule has 0 fully saturated rings. The van der Waals surface area contributed by atoms with Gasteiger partial charge in [-0.1, -0.05) is 118 Å². The van der Waals surface area contributed by atoms with Crippen molar-refractivity contribution in [2.24, 2.45) is 5.92 Å². The van der Waals surface area contributed by atoms with Gasteiger partial charge in [0.15, 0.2) is 0 Å². The molecule has 0 aliphatic carbocycles. The summed E-state index contributed by atoms with van der Waals surface area (Å²) in [4.78, 5) is 24.2. The van der Waals surface area contributed by atoms with Gasteiger partial charge in [0.05, 0.1) is 13.2 Å². The Balaban J connectivity index is 3.70. The van der Waals surface area contributed by atoms with Crippen LogP contribution in [0.25, 0.3) is 0 Å². The van der Waals surface area contributed by atoms with Crippen LogP contribution >= 0.6 is 0 Å². The van der Waals surface area contributed by atoms with Gasteiger partial charge in [-0.25, -0.2) is 9.59 Å². The van der Waals surface area contributed by atoms with Gasteiger partial charge in [0, 0.05) is 0 Å². The molecule has 184 valence electrons. The molecule has 1 amide bonds. The van der Waals surface area contributed by atoms with E-state index in [-0.39, 0.29) is 11.9 Å². The summed E-state index contributed by atoms with van der Waals surface area (Å²) >= 11 is 0. The fourth-order valence-corrected chi connectivity index (χ4v) is 3.59. The fraction of sp³-hybridized carbons (Fsp3) is 0.923. The maximum Gasteiger partial charge on any atom is 0.407 e. The first-order chi connectivity index (χ1) is 15.1. The minimum absolute atomic E-state index is 0.0121. The van der Waals surface area contributed by atoms with E-state index in [4.69, 9.17) is 9.47 Å². The summed E-state index contributed by atoms with van der Waals surface area (Å²) in [5.74, 6) is -0.337. The first kappa shape index (κ1) is 29.7. The maximum atomic E-state index is 12.4. The van der Waals surface area contributed by atoms with Gasteiger partial charge in [0.1, 0.15) is 6.04 Å². The molecule has 0 saturated heterocycles. The van der Waals surface area contributed by atoms with Gasteiger partial charge >= 0.3 is 12.1 Å². The second kappa shape index (κ2) is 22.0. The largest absolute Gasteiger partial charge is 0.464 e. The second-order valence-corrected chi connectivity index (χ2v) is 8.91. The molecule has 0 heterocycles. The predicted octanol–water partition coefficient (Wildman–Crippen LogP) is 7.56. The minimum atomic E-state index is -0.638. The molecule has 0 rings (SSSR count). The van der Waals surface area contributed by atoms with E-state index in [1.54, 1.807) is 0 Å². The Hall–Kier alpha value is -1.26. The minimum Gasteiger partial charge on any atom is -0.464 e. The van der Waals surface area contributed by atoms with Gasteiger partial charge < -0.3 is 14.8 Å². The van der Waals surface area contributed by atoms with Crippen LogP contribution in [0.2, 0.25) is 0 Å². The van der Waals surface area contributed by atoms with Crippen LogP contribution in [-0.2, 0) is 14.3 Å². The lowest BCUT2D eigenvalue weighted by Gasteiger charge is -2.22. The van der Waals surface area contributed by atoms with Crippen molar-refractivity contribution >= 4 is 12.1 Å². The molecular weight excluding hydrogens is 390 g/mol. The zero-order valence-electron chi connectivity index (χ0n) is 21.0. The lowest BCUT2D eigenvalue weighted by atomic mass is 9.99. The van der Waals surface area contributed by atoms with Crippen LogP contribution in [0, 0.1) is 5.92 Å². The SMILES string of the molecule is CCCCCCCCCCCCCCCCOC(=O)C(NC(=O)OCCC)C(C)CC. The predicted molar refractivity (Wildman–Crippen MR) is 129 cm³/mol. The number of hydrogen-bond acceptors (Lipinski definition) is 4. The van der Waals surface area contributed by atoms with Crippen LogP contribution in [0.15, 0.2) is 0 Å². The highest BCUT2D eigenvalue weighted by Gasteiger charge is 2.27. The van der Waals surface area contributed by atoms with Crippen molar-refractivity contribution in [3.05, 3.63) is 0 Å². The van der Waals surface area contributed by atoms with Crippen molar-refractivity contribution in [1.82, 2.24) is 5.32 Å². The summed E-state index contributed by atoms with van der Waals surface area (Å²) in [6.45, 7) is 8.92. The van der Waals surface area contributed by atoms with Crippen molar-refractivity contribution in [1.29, 1.82) is 0 Å². The van der Waals surface area contributed by atoms with Crippen molar-refractivity contribution in [2.45, 2.75) is 136 Å². The summed E-state index contributed by atoms with van der Waals surface area (Å²) in [5.41, 5.74) is 0. The second-order valence-electron chi connectivity index (χ2n) is 8.91. The number of alkyl carbamates (subject to hydrolysis) is 1. The number of amides is 1. The third-order valence-corrected chi connectivity index (χ3v) is 5.92. The molecule has 5 heteroatoms. The molecule has 0 aliphatic heterocycles. The topological polar surface area (TPSA) is 64.6 Å². The standard InChI is InChI=1S/C26H51NO4/c1-5-8-9-10-11-12-13-14-15-16-17-18-19-20-22-30-25(28)24(23(4)7-3)27-26(29)31-21-6-2/h23-24H,5-22H2,1-4H3,(H,27,29). The molecule has 0 aromatic heterocycles. The Morgan fingerprint density at radius 1 is 0.645 bits per heavy atom. The Kier molecular flexibility index (Phi) is 21.1. The van der Waals surface area contributed by atoms with Crippen LogP contribution in [0.5, 0.6) is 0 Å². The number of carbonyl (C=O) groups excluding carboxylic acids is 2. The Bertz CT molecular complexity index is 428. The summed E-state index contributed by atoms with van der Waals surface area (Å²) in [6.07, 6.45) is 19.2. The summed E-state index contributed by atoms with van der Waals surface area (Å²) in [7, 11) is 0. The highest BCUT2D eigenvalue weighted by Crippen LogP contribution is 2.14. The van der Waals surface area contributed by atoms with E-state index in [1.807, 2.05) is 20.8 Å². The average Bonchev–Trinajstić information content (AvgIpc) is 2.77. The molecule has 5 nitrogen and oxygen atoms in total. The maximum absolute atomic E-state index is 12.4. The van der Waals surface area contributed by atoms with Crippen molar-refractivity contribution in [3.63, 3.8) is 0 Å². The molecule has 0 aromatic rings. The zero-order valence-corrected chi connectivity index (χ0v) is 21.0. The molecule has 2 atom stereocenters. The van der Waals surface area contributed by atoms with E-state index in [0.717, 1.165) is 25.7 Å². The molecule has 0 bridgehead atoms. The summed E-state index contributed by atoms with van der Waals surface area (Å²) < 4.78 is 10.5. The molecule has 0 aromatic carbocycles. The quantitative estimate of drug-likeness (QED) is 0.147. The first-order valence-corrected chi connectivity index (χ1v) is 13.2. The highest BCUT2D eigenvalue weighted by atomic mass is 16.6. The molecule has 0 radical (unpaired) electrons. The molecule has 0 saturated carbocycles. The summed E-state index contributed by atoms with van der Waals surface area (Å²) in [6, 6.07) is -0.638. The van der Waals surface area contributed by atoms with Gasteiger partial charge in [0.25, 0.3) is 0 Å². The van der Waals surface area contributed by atoms with Crippen LogP contribution in [-0.4, -0.2) is 31.3 Å². The normalized spacial score (nSPS) is 12.9. The van der Waals surface area contributed by atoms with E-state index >= 15 is 0 Å². The number of ether oxygens (including phenoxy) is 2. The van der Waals surface area contributed by atoms with E-state index in [0.29, 0.717) is 13.2 Å². The van der Waals surface area contributed by atoms with Crippen molar-refractivity contribution in [3.8, 4) is 0 Å². The van der Waals surface area contributed by atoms with Gasteiger partial charge in [-0.3, -0.25) is 0 Å². The van der Waals surface area contributed by atoms with Crippen molar-refractivity contribution < 1.29 is 19.1 Å². The van der Waals surface area contributed by atoms with E-state index in [9.17, 15) is 9.59 Å². The highest BCUT2D eigenvalue weighted by molar-refractivity contribution is 5.81.